The molecule has 0 aromatic carbocycles. The molecule has 1 aromatic heterocycles. The lowest BCUT2D eigenvalue weighted by molar-refractivity contribution is -0.124. The summed E-state index contributed by atoms with van der Waals surface area (Å²) in [6.07, 6.45) is 7.06. The van der Waals surface area contributed by atoms with Crippen LogP contribution in [0, 0.1) is 16.7 Å². The van der Waals surface area contributed by atoms with Gasteiger partial charge >= 0.3 is 6.03 Å². The van der Waals surface area contributed by atoms with Crippen molar-refractivity contribution in [1.82, 2.24) is 20.5 Å². The first-order valence-electron chi connectivity index (χ1n) is 10.8. The van der Waals surface area contributed by atoms with Gasteiger partial charge in [0.1, 0.15) is 11.6 Å². The minimum Gasteiger partial charge on any atom is -0.336 e. The van der Waals surface area contributed by atoms with Crippen molar-refractivity contribution in [2.45, 2.75) is 68.9 Å². The molecule has 0 bridgehead atoms. The van der Waals surface area contributed by atoms with Gasteiger partial charge in [0.15, 0.2) is 0 Å². The summed E-state index contributed by atoms with van der Waals surface area (Å²) in [4.78, 5) is 31.0. The highest BCUT2D eigenvalue weighted by Gasteiger charge is 2.47. The zero-order chi connectivity index (χ0) is 22.1. The third-order valence-corrected chi connectivity index (χ3v) is 6.86. The van der Waals surface area contributed by atoms with E-state index in [1.807, 2.05) is 0 Å². The average Bonchev–Trinajstić information content (AvgIpc) is 3.70. The Bertz CT molecular complexity index is 868. The number of carbonyl (C=O) groups is 2. The molecule has 4 rings (SSSR count). The molecule has 0 unspecified atom stereocenters. The van der Waals surface area contributed by atoms with E-state index in [2.05, 4.69) is 21.7 Å². The second-order valence-corrected chi connectivity index (χ2v) is 9.15. The number of pyridine rings is 1. The van der Waals surface area contributed by atoms with Crippen LogP contribution < -0.4 is 10.6 Å². The zero-order valence-electron chi connectivity index (χ0n) is 17.4. The monoisotopic (exact) mass is 431 g/mol. The molecule has 1 aromatic rings. The van der Waals surface area contributed by atoms with Gasteiger partial charge in [-0.05, 0) is 62.5 Å². The predicted octanol–water partition coefficient (Wildman–Crippen LogP) is 3.08. The molecule has 2 heterocycles. The number of hydrogen-bond donors (Lipinski definition) is 2. The van der Waals surface area contributed by atoms with E-state index in [1.165, 1.54) is 37.4 Å². The van der Waals surface area contributed by atoms with Crippen LogP contribution in [0.3, 0.4) is 0 Å². The Morgan fingerprint density at radius 3 is 2.35 bits per heavy atom. The van der Waals surface area contributed by atoms with Crippen LogP contribution in [0.5, 0.6) is 0 Å². The molecular formula is C22H27F2N5O2. The van der Waals surface area contributed by atoms with E-state index in [0.29, 0.717) is 31.3 Å². The van der Waals surface area contributed by atoms with Crippen molar-refractivity contribution >= 4 is 11.9 Å². The van der Waals surface area contributed by atoms with Gasteiger partial charge in [-0.25, -0.2) is 13.6 Å². The average molecular weight is 431 g/mol. The molecule has 1 atom stereocenters. The van der Waals surface area contributed by atoms with Crippen LogP contribution in [0.1, 0.15) is 56.9 Å². The lowest BCUT2D eigenvalue weighted by Gasteiger charge is -2.33. The number of nitrogens with zero attached hydrogens (tertiary/aromatic N) is 3. The Morgan fingerprint density at radius 1 is 1.16 bits per heavy atom. The van der Waals surface area contributed by atoms with Crippen LogP contribution in [-0.4, -0.2) is 46.5 Å². The summed E-state index contributed by atoms with van der Waals surface area (Å²) in [5.74, 6) is -3.75. The molecular weight excluding hydrogens is 404 g/mol. The molecule has 1 saturated heterocycles. The second-order valence-electron chi connectivity index (χ2n) is 9.15. The number of likely N-dealkylation sites (tertiary alicyclic amines) is 1. The zero-order valence-corrected chi connectivity index (χ0v) is 17.4. The predicted molar refractivity (Wildman–Crippen MR) is 108 cm³/mol. The first-order chi connectivity index (χ1) is 14.8. The van der Waals surface area contributed by atoms with E-state index in [-0.39, 0.29) is 12.0 Å². The standard InChI is InChI=1S/C22H27F2N5O2/c23-22(24,16-2-11-26-12-3-16)4-1-17(18(30)28-21(15-25)7-8-21)27-19(31)29-13-9-20(5-6-20)10-14-29/h2-3,11-12,17H,1,4-10,13-14H2,(H,27,31)(H,28,30)/t17-/m0/s1. The van der Waals surface area contributed by atoms with Gasteiger partial charge in [-0.1, -0.05) is 0 Å². The van der Waals surface area contributed by atoms with Crippen LogP contribution in [0.2, 0.25) is 0 Å². The van der Waals surface area contributed by atoms with Gasteiger partial charge in [0, 0.05) is 37.5 Å². The number of nitrogens with one attached hydrogen (secondary N) is 2. The fourth-order valence-electron chi connectivity index (χ4n) is 4.15. The van der Waals surface area contributed by atoms with Crippen LogP contribution in [0.4, 0.5) is 13.6 Å². The molecule has 2 N–H and O–H groups in total. The van der Waals surface area contributed by atoms with Gasteiger partial charge in [-0.2, -0.15) is 5.26 Å². The number of alkyl halides is 2. The smallest absolute Gasteiger partial charge is 0.318 e. The molecule has 1 aliphatic heterocycles. The Kier molecular flexibility index (Phi) is 5.58. The Morgan fingerprint density at radius 2 is 1.81 bits per heavy atom. The summed E-state index contributed by atoms with van der Waals surface area (Å²) in [6.45, 7) is 1.21. The fraction of sp³-hybridized carbons (Fsp3) is 0.636. The molecule has 1 spiro atoms. The van der Waals surface area contributed by atoms with Gasteiger partial charge in [0.05, 0.1) is 6.07 Å². The van der Waals surface area contributed by atoms with Crippen molar-refractivity contribution in [2.75, 3.05) is 13.1 Å². The first-order valence-corrected chi connectivity index (χ1v) is 10.8. The Balaban J connectivity index is 1.40. The number of urea groups is 1. The summed E-state index contributed by atoms with van der Waals surface area (Å²) < 4.78 is 29.3. The summed E-state index contributed by atoms with van der Waals surface area (Å²) >= 11 is 0. The van der Waals surface area contributed by atoms with Crippen molar-refractivity contribution in [1.29, 1.82) is 5.26 Å². The van der Waals surface area contributed by atoms with E-state index < -0.39 is 35.9 Å². The summed E-state index contributed by atoms with van der Waals surface area (Å²) in [5, 5.41) is 14.5. The van der Waals surface area contributed by atoms with Gasteiger partial charge in [0.25, 0.3) is 5.92 Å². The lowest BCUT2D eigenvalue weighted by atomic mass is 9.94. The van der Waals surface area contributed by atoms with E-state index in [1.54, 1.807) is 4.90 Å². The Hall–Kier alpha value is -2.76. The maximum atomic E-state index is 14.6. The van der Waals surface area contributed by atoms with E-state index in [4.69, 9.17) is 0 Å². The second kappa shape index (κ2) is 8.06. The van der Waals surface area contributed by atoms with Crippen molar-refractivity contribution in [2.24, 2.45) is 5.41 Å². The van der Waals surface area contributed by atoms with Crippen molar-refractivity contribution in [3.63, 3.8) is 0 Å². The summed E-state index contributed by atoms with van der Waals surface area (Å²) in [5.41, 5.74) is -0.725. The topological polar surface area (TPSA) is 98.1 Å². The first kappa shape index (κ1) is 21.5. The molecule has 2 aliphatic carbocycles. The van der Waals surface area contributed by atoms with Crippen LogP contribution >= 0.6 is 0 Å². The third kappa shape index (κ3) is 4.94. The highest BCUT2D eigenvalue weighted by molar-refractivity contribution is 5.88. The number of halogens is 2. The van der Waals surface area contributed by atoms with E-state index in [9.17, 15) is 23.6 Å². The van der Waals surface area contributed by atoms with Crippen molar-refractivity contribution in [3.05, 3.63) is 30.1 Å². The van der Waals surface area contributed by atoms with E-state index in [0.717, 1.165) is 12.8 Å². The molecule has 3 amide bonds. The number of hydrogen-bond acceptors (Lipinski definition) is 4. The minimum atomic E-state index is -3.16. The number of piperidine rings is 1. The van der Waals surface area contributed by atoms with Gasteiger partial charge in [-0.3, -0.25) is 9.78 Å². The van der Waals surface area contributed by atoms with Crippen molar-refractivity contribution < 1.29 is 18.4 Å². The number of amides is 3. The Labute approximate surface area is 180 Å². The summed E-state index contributed by atoms with van der Waals surface area (Å²) in [7, 11) is 0. The molecule has 7 nitrogen and oxygen atoms in total. The lowest BCUT2D eigenvalue weighted by Crippen LogP contribution is -2.54. The molecule has 31 heavy (non-hydrogen) atoms. The molecule has 3 aliphatic rings. The number of aromatic nitrogens is 1. The largest absolute Gasteiger partial charge is 0.336 e. The van der Waals surface area contributed by atoms with Crippen LogP contribution in [-0.2, 0) is 10.7 Å². The minimum absolute atomic E-state index is 0.186. The van der Waals surface area contributed by atoms with Crippen LogP contribution in [0.15, 0.2) is 24.5 Å². The third-order valence-electron chi connectivity index (χ3n) is 6.86. The van der Waals surface area contributed by atoms with E-state index >= 15 is 0 Å². The number of nitriles is 1. The SMILES string of the molecule is N#CC1(NC(=O)[C@H](CCC(F)(F)c2ccncc2)NC(=O)N2CCC3(CC2)CC3)CC1. The van der Waals surface area contributed by atoms with Gasteiger partial charge in [0.2, 0.25) is 5.91 Å². The molecule has 9 heteroatoms. The van der Waals surface area contributed by atoms with Crippen LogP contribution in [0.25, 0.3) is 0 Å². The molecule has 2 saturated carbocycles. The summed E-state index contributed by atoms with van der Waals surface area (Å²) in [6, 6.07) is 2.99. The van der Waals surface area contributed by atoms with Gasteiger partial charge in [-0.15, -0.1) is 0 Å². The van der Waals surface area contributed by atoms with Crippen molar-refractivity contribution in [3.8, 4) is 6.07 Å². The highest BCUT2D eigenvalue weighted by Crippen LogP contribution is 2.53. The van der Waals surface area contributed by atoms with Gasteiger partial charge < -0.3 is 15.5 Å². The number of carbonyl (C=O) groups excluding carboxylic acids is 2. The normalized spacial score (nSPS) is 21.6. The molecule has 166 valence electrons. The molecule has 3 fully saturated rings. The fourth-order valence-corrected chi connectivity index (χ4v) is 4.15. The maximum absolute atomic E-state index is 14.6. The number of rotatable bonds is 7. The molecule has 0 radical (unpaired) electrons. The maximum Gasteiger partial charge on any atom is 0.318 e. The highest BCUT2D eigenvalue weighted by atomic mass is 19.3. The quantitative estimate of drug-likeness (QED) is 0.693.